The van der Waals surface area contributed by atoms with Crippen molar-refractivity contribution in [1.82, 2.24) is 5.32 Å². The molecule has 0 aliphatic carbocycles. The maximum Gasteiger partial charge on any atom is 0.0623 e. The molecule has 13 heavy (non-hydrogen) atoms. The minimum atomic E-state index is 0.0476. The summed E-state index contributed by atoms with van der Waals surface area (Å²) < 4.78 is 5.76. The third-order valence-electron chi connectivity index (χ3n) is 2.45. The van der Waals surface area contributed by atoms with Gasteiger partial charge in [-0.25, -0.2) is 0 Å². The monoisotopic (exact) mass is 187 g/mol. The van der Waals surface area contributed by atoms with Crippen molar-refractivity contribution in [3.05, 3.63) is 0 Å². The van der Waals surface area contributed by atoms with Gasteiger partial charge in [0.2, 0.25) is 0 Å². The Labute approximate surface area is 83.1 Å². The minimum Gasteiger partial charge on any atom is -0.376 e. The van der Waals surface area contributed by atoms with Gasteiger partial charge < -0.3 is 10.1 Å². The summed E-state index contributed by atoms with van der Waals surface area (Å²) in [5.41, 5.74) is 0.0476. The van der Waals surface area contributed by atoms with Crippen LogP contribution in [0.1, 0.15) is 47.5 Å². The average molecular weight is 187 g/mol. The fraction of sp³-hybridized carbons (Fsp3) is 1.00. The van der Waals surface area contributed by atoms with Crippen LogP contribution in [0.3, 0.4) is 0 Å². The fourth-order valence-electron chi connectivity index (χ4n) is 1.06. The van der Waals surface area contributed by atoms with E-state index in [0.717, 1.165) is 26.0 Å². The van der Waals surface area contributed by atoms with Gasteiger partial charge in [0.15, 0.2) is 0 Å². The molecule has 0 bridgehead atoms. The van der Waals surface area contributed by atoms with E-state index in [2.05, 4.69) is 39.9 Å². The van der Waals surface area contributed by atoms with Crippen LogP contribution in [0.2, 0.25) is 0 Å². The topological polar surface area (TPSA) is 21.3 Å². The first-order valence-corrected chi connectivity index (χ1v) is 5.39. The highest BCUT2D eigenvalue weighted by Gasteiger charge is 2.14. The van der Waals surface area contributed by atoms with Crippen LogP contribution < -0.4 is 5.32 Å². The molecule has 0 amide bonds. The van der Waals surface area contributed by atoms with Crippen molar-refractivity contribution in [3.63, 3.8) is 0 Å². The molecule has 0 saturated carbocycles. The van der Waals surface area contributed by atoms with Crippen LogP contribution in [-0.4, -0.2) is 24.8 Å². The molecule has 0 aliphatic heterocycles. The highest BCUT2D eigenvalue weighted by molar-refractivity contribution is 4.66. The highest BCUT2D eigenvalue weighted by atomic mass is 16.5. The van der Waals surface area contributed by atoms with E-state index in [4.69, 9.17) is 4.74 Å². The summed E-state index contributed by atoms with van der Waals surface area (Å²) in [6.45, 7) is 12.7. The molecule has 0 fully saturated rings. The summed E-state index contributed by atoms with van der Waals surface area (Å²) in [6, 6.07) is 0.567. The third-order valence-corrected chi connectivity index (χ3v) is 2.45. The normalized spacial score (nSPS) is 14.5. The van der Waals surface area contributed by atoms with Crippen molar-refractivity contribution in [2.24, 2.45) is 0 Å². The van der Waals surface area contributed by atoms with E-state index in [-0.39, 0.29) is 5.60 Å². The van der Waals surface area contributed by atoms with Crippen molar-refractivity contribution in [1.29, 1.82) is 0 Å². The molecule has 0 aliphatic rings. The molecule has 0 radical (unpaired) electrons. The van der Waals surface area contributed by atoms with Gasteiger partial charge in [0, 0.05) is 12.6 Å². The SMILES string of the molecule is CCNC(C)CCOC(C)(C)CC. The Morgan fingerprint density at radius 3 is 2.38 bits per heavy atom. The van der Waals surface area contributed by atoms with Gasteiger partial charge in [-0.1, -0.05) is 13.8 Å². The van der Waals surface area contributed by atoms with Gasteiger partial charge in [0.25, 0.3) is 0 Å². The zero-order chi connectivity index (χ0) is 10.3. The molecule has 80 valence electrons. The molecule has 0 aromatic rings. The van der Waals surface area contributed by atoms with Crippen molar-refractivity contribution < 1.29 is 4.74 Å². The summed E-state index contributed by atoms with van der Waals surface area (Å²) in [6.07, 6.45) is 2.17. The van der Waals surface area contributed by atoms with Gasteiger partial charge in [-0.3, -0.25) is 0 Å². The quantitative estimate of drug-likeness (QED) is 0.661. The Kier molecular flexibility index (Phi) is 6.35. The highest BCUT2D eigenvalue weighted by Crippen LogP contribution is 2.13. The molecular weight excluding hydrogens is 162 g/mol. The van der Waals surface area contributed by atoms with Crippen LogP contribution in [0.15, 0.2) is 0 Å². The first-order chi connectivity index (χ1) is 6.02. The summed E-state index contributed by atoms with van der Waals surface area (Å²) in [7, 11) is 0. The zero-order valence-electron chi connectivity index (χ0n) is 9.81. The summed E-state index contributed by atoms with van der Waals surface area (Å²) >= 11 is 0. The standard InChI is InChI=1S/C11H25NO/c1-6-11(4,5)13-9-8-10(3)12-7-2/h10,12H,6-9H2,1-5H3. The second-order valence-corrected chi connectivity index (χ2v) is 4.21. The first kappa shape index (κ1) is 12.9. The van der Waals surface area contributed by atoms with E-state index in [0.29, 0.717) is 6.04 Å². The number of hydrogen-bond acceptors (Lipinski definition) is 2. The summed E-state index contributed by atoms with van der Waals surface area (Å²) in [5, 5.41) is 3.37. The Bertz CT molecular complexity index is 123. The molecule has 0 rings (SSSR count). The number of ether oxygens (including phenoxy) is 1. The molecule has 1 atom stereocenters. The number of hydrogen-bond donors (Lipinski definition) is 1. The van der Waals surface area contributed by atoms with Crippen molar-refractivity contribution in [3.8, 4) is 0 Å². The third kappa shape index (κ3) is 7.03. The van der Waals surface area contributed by atoms with Gasteiger partial charge in [-0.05, 0) is 40.2 Å². The summed E-state index contributed by atoms with van der Waals surface area (Å²) in [5.74, 6) is 0. The maximum atomic E-state index is 5.76. The van der Waals surface area contributed by atoms with Crippen LogP contribution >= 0.6 is 0 Å². The van der Waals surface area contributed by atoms with E-state index >= 15 is 0 Å². The lowest BCUT2D eigenvalue weighted by Crippen LogP contribution is -2.30. The van der Waals surface area contributed by atoms with E-state index in [1.807, 2.05) is 0 Å². The Hall–Kier alpha value is -0.0800. The van der Waals surface area contributed by atoms with Crippen LogP contribution in [0, 0.1) is 0 Å². The molecule has 2 nitrogen and oxygen atoms in total. The average Bonchev–Trinajstić information content (AvgIpc) is 2.05. The van der Waals surface area contributed by atoms with E-state index in [9.17, 15) is 0 Å². The molecule has 2 heteroatoms. The second kappa shape index (κ2) is 6.39. The van der Waals surface area contributed by atoms with Crippen LogP contribution in [0.5, 0.6) is 0 Å². The lowest BCUT2D eigenvalue weighted by molar-refractivity contribution is -0.0232. The largest absolute Gasteiger partial charge is 0.376 e. The Morgan fingerprint density at radius 2 is 1.92 bits per heavy atom. The van der Waals surface area contributed by atoms with Crippen LogP contribution in [0.25, 0.3) is 0 Å². The van der Waals surface area contributed by atoms with Gasteiger partial charge >= 0.3 is 0 Å². The molecule has 1 N–H and O–H groups in total. The van der Waals surface area contributed by atoms with Gasteiger partial charge in [-0.2, -0.15) is 0 Å². The predicted octanol–water partition coefficient (Wildman–Crippen LogP) is 2.58. The van der Waals surface area contributed by atoms with Gasteiger partial charge in [0.1, 0.15) is 0 Å². The molecule has 0 spiro atoms. The van der Waals surface area contributed by atoms with E-state index in [1.54, 1.807) is 0 Å². The van der Waals surface area contributed by atoms with Crippen LogP contribution in [-0.2, 0) is 4.74 Å². The maximum absolute atomic E-state index is 5.76. The molecule has 0 aromatic heterocycles. The van der Waals surface area contributed by atoms with Gasteiger partial charge in [-0.15, -0.1) is 0 Å². The molecule has 0 aromatic carbocycles. The second-order valence-electron chi connectivity index (χ2n) is 4.21. The molecule has 0 saturated heterocycles. The lowest BCUT2D eigenvalue weighted by Gasteiger charge is -2.24. The molecule has 0 heterocycles. The van der Waals surface area contributed by atoms with Crippen molar-refractivity contribution in [2.75, 3.05) is 13.2 Å². The minimum absolute atomic E-state index is 0.0476. The van der Waals surface area contributed by atoms with Crippen molar-refractivity contribution >= 4 is 0 Å². The summed E-state index contributed by atoms with van der Waals surface area (Å²) in [4.78, 5) is 0. The van der Waals surface area contributed by atoms with Gasteiger partial charge in [0.05, 0.1) is 5.60 Å². The first-order valence-electron chi connectivity index (χ1n) is 5.39. The number of nitrogens with one attached hydrogen (secondary N) is 1. The van der Waals surface area contributed by atoms with Crippen LogP contribution in [0.4, 0.5) is 0 Å². The Morgan fingerprint density at radius 1 is 1.31 bits per heavy atom. The van der Waals surface area contributed by atoms with E-state index in [1.165, 1.54) is 0 Å². The Balaban J connectivity index is 3.44. The predicted molar refractivity (Wildman–Crippen MR) is 58.1 cm³/mol. The van der Waals surface area contributed by atoms with E-state index < -0.39 is 0 Å². The smallest absolute Gasteiger partial charge is 0.0623 e. The molecular formula is C11H25NO. The number of rotatable bonds is 7. The lowest BCUT2D eigenvalue weighted by atomic mass is 10.1. The zero-order valence-corrected chi connectivity index (χ0v) is 9.81. The molecule has 1 unspecified atom stereocenters. The fourth-order valence-corrected chi connectivity index (χ4v) is 1.06. The van der Waals surface area contributed by atoms with Crippen molar-refractivity contribution in [2.45, 2.75) is 59.1 Å².